The summed E-state index contributed by atoms with van der Waals surface area (Å²) < 4.78 is 5.00. The number of ether oxygens (including phenoxy) is 1. The number of benzene rings is 1. The molecule has 1 aromatic carbocycles. The van der Waals surface area contributed by atoms with Gasteiger partial charge in [-0.3, -0.25) is 9.59 Å². The van der Waals surface area contributed by atoms with Crippen molar-refractivity contribution in [1.82, 2.24) is 5.32 Å². The fourth-order valence-electron chi connectivity index (χ4n) is 3.48. The van der Waals surface area contributed by atoms with E-state index in [2.05, 4.69) is 17.6 Å². The van der Waals surface area contributed by atoms with E-state index in [0.717, 1.165) is 31.4 Å². The SMILES string of the molecule is CCOC(=O)c1cccc(NC(=O)[C@H](CCSC)NC(=O)C2CCC(C)CC2)c1. The van der Waals surface area contributed by atoms with Crippen LogP contribution in [0.1, 0.15) is 56.3 Å². The zero-order valence-corrected chi connectivity index (χ0v) is 18.3. The van der Waals surface area contributed by atoms with Crippen LogP contribution in [0.5, 0.6) is 0 Å². The molecule has 2 N–H and O–H groups in total. The third-order valence-electron chi connectivity index (χ3n) is 5.27. The van der Waals surface area contributed by atoms with Crippen LogP contribution in [0.25, 0.3) is 0 Å². The molecule has 29 heavy (non-hydrogen) atoms. The molecule has 0 aliphatic heterocycles. The minimum atomic E-state index is -0.597. The Labute approximate surface area is 177 Å². The summed E-state index contributed by atoms with van der Waals surface area (Å²) in [5, 5.41) is 5.79. The maximum Gasteiger partial charge on any atom is 0.338 e. The van der Waals surface area contributed by atoms with Crippen molar-refractivity contribution in [2.24, 2.45) is 11.8 Å². The molecule has 1 saturated carbocycles. The van der Waals surface area contributed by atoms with Gasteiger partial charge in [0.25, 0.3) is 0 Å². The lowest BCUT2D eigenvalue weighted by atomic mass is 9.82. The van der Waals surface area contributed by atoms with E-state index in [1.54, 1.807) is 43.0 Å². The Balaban J connectivity index is 2.02. The molecule has 1 aromatic rings. The number of amides is 2. The van der Waals surface area contributed by atoms with Crippen LogP contribution >= 0.6 is 11.8 Å². The van der Waals surface area contributed by atoms with Crippen molar-refractivity contribution in [2.45, 2.75) is 52.0 Å². The maximum atomic E-state index is 12.8. The summed E-state index contributed by atoms with van der Waals surface area (Å²) >= 11 is 1.64. The van der Waals surface area contributed by atoms with Gasteiger partial charge in [0, 0.05) is 11.6 Å². The number of hydrogen-bond donors (Lipinski definition) is 2. The van der Waals surface area contributed by atoms with Crippen molar-refractivity contribution in [3.05, 3.63) is 29.8 Å². The summed E-state index contributed by atoms with van der Waals surface area (Å²) in [4.78, 5) is 37.4. The van der Waals surface area contributed by atoms with Gasteiger partial charge < -0.3 is 15.4 Å². The largest absolute Gasteiger partial charge is 0.462 e. The summed E-state index contributed by atoms with van der Waals surface area (Å²) in [6.07, 6.45) is 6.40. The van der Waals surface area contributed by atoms with E-state index < -0.39 is 12.0 Å². The third-order valence-corrected chi connectivity index (χ3v) is 5.92. The molecule has 0 aromatic heterocycles. The monoisotopic (exact) mass is 420 g/mol. The predicted octanol–water partition coefficient (Wildman–Crippen LogP) is 3.87. The number of carbonyl (C=O) groups excluding carboxylic acids is 3. The zero-order chi connectivity index (χ0) is 21.2. The molecule has 0 saturated heterocycles. The van der Waals surface area contributed by atoms with E-state index in [-0.39, 0.29) is 24.3 Å². The van der Waals surface area contributed by atoms with Gasteiger partial charge in [0.2, 0.25) is 11.8 Å². The van der Waals surface area contributed by atoms with Crippen molar-refractivity contribution in [2.75, 3.05) is 23.9 Å². The Hall–Kier alpha value is -2.02. The molecule has 0 radical (unpaired) electrons. The number of thioether (sulfide) groups is 1. The molecule has 2 rings (SSSR count). The van der Waals surface area contributed by atoms with Crippen LogP contribution in [-0.2, 0) is 14.3 Å². The molecule has 1 atom stereocenters. The summed E-state index contributed by atoms with van der Waals surface area (Å²) in [6.45, 7) is 4.25. The first-order chi connectivity index (χ1) is 13.9. The van der Waals surface area contributed by atoms with Crippen LogP contribution in [0, 0.1) is 11.8 Å². The van der Waals surface area contributed by atoms with Crippen LogP contribution in [0.15, 0.2) is 24.3 Å². The van der Waals surface area contributed by atoms with Crippen molar-refractivity contribution >= 4 is 35.2 Å². The first-order valence-corrected chi connectivity index (χ1v) is 11.7. The molecule has 1 aliphatic rings. The smallest absolute Gasteiger partial charge is 0.338 e. The lowest BCUT2D eigenvalue weighted by molar-refractivity contribution is -0.130. The number of carbonyl (C=O) groups is 3. The Morgan fingerprint density at radius 1 is 1.21 bits per heavy atom. The van der Waals surface area contributed by atoms with Crippen LogP contribution in [0.2, 0.25) is 0 Å². The fraction of sp³-hybridized carbons (Fsp3) is 0.591. The van der Waals surface area contributed by atoms with E-state index in [1.165, 1.54) is 0 Å². The Morgan fingerprint density at radius 3 is 2.59 bits per heavy atom. The zero-order valence-electron chi connectivity index (χ0n) is 17.5. The molecule has 0 bridgehead atoms. The summed E-state index contributed by atoms with van der Waals surface area (Å²) in [5.74, 6) is 0.700. The highest BCUT2D eigenvalue weighted by Gasteiger charge is 2.28. The molecule has 1 aliphatic carbocycles. The number of esters is 1. The van der Waals surface area contributed by atoms with Crippen molar-refractivity contribution in [3.8, 4) is 0 Å². The average Bonchev–Trinajstić information content (AvgIpc) is 2.71. The second-order valence-corrected chi connectivity index (χ2v) is 8.58. The second kappa shape index (κ2) is 11.9. The number of hydrogen-bond acceptors (Lipinski definition) is 5. The van der Waals surface area contributed by atoms with Crippen LogP contribution < -0.4 is 10.6 Å². The van der Waals surface area contributed by atoms with E-state index >= 15 is 0 Å². The number of anilines is 1. The van der Waals surface area contributed by atoms with Gasteiger partial charge in [-0.25, -0.2) is 4.79 Å². The van der Waals surface area contributed by atoms with Crippen molar-refractivity contribution < 1.29 is 19.1 Å². The van der Waals surface area contributed by atoms with Gasteiger partial charge >= 0.3 is 5.97 Å². The predicted molar refractivity (Wildman–Crippen MR) is 117 cm³/mol. The second-order valence-electron chi connectivity index (χ2n) is 7.59. The maximum absolute atomic E-state index is 12.8. The minimum absolute atomic E-state index is 0.0112. The molecule has 1 fully saturated rings. The van der Waals surface area contributed by atoms with E-state index in [9.17, 15) is 14.4 Å². The molecule has 2 amide bonds. The topological polar surface area (TPSA) is 84.5 Å². The van der Waals surface area contributed by atoms with Gasteiger partial charge in [-0.15, -0.1) is 0 Å². The van der Waals surface area contributed by atoms with Gasteiger partial charge in [0.15, 0.2) is 0 Å². The molecule has 7 heteroatoms. The lowest BCUT2D eigenvalue weighted by Gasteiger charge is -2.27. The number of nitrogens with one attached hydrogen (secondary N) is 2. The highest BCUT2D eigenvalue weighted by molar-refractivity contribution is 7.98. The normalized spacial score (nSPS) is 19.8. The Bertz CT molecular complexity index is 702. The molecule has 6 nitrogen and oxygen atoms in total. The summed E-state index contributed by atoms with van der Waals surface area (Å²) in [5.41, 5.74) is 0.890. The van der Waals surface area contributed by atoms with E-state index in [1.807, 2.05) is 6.26 Å². The summed E-state index contributed by atoms with van der Waals surface area (Å²) in [7, 11) is 0. The van der Waals surface area contributed by atoms with Gasteiger partial charge in [-0.1, -0.05) is 13.0 Å². The molecule has 0 unspecified atom stereocenters. The Kier molecular flexibility index (Phi) is 9.51. The fourth-order valence-corrected chi connectivity index (χ4v) is 3.96. The number of rotatable bonds is 9. The standard InChI is InChI=1S/C22H32N2O4S/c1-4-28-22(27)17-6-5-7-18(14-17)23-21(26)19(12-13-29-3)24-20(25)16-10-8-15(2)9-11-16/h5-7,14-16,19H,4,8-13H2,1-3H3,(H,23,26)(H,24,25)/t15?,16?,19-/m0/s1. The highest BCUT2D eigenvalue weighted by Crippen LogP contribution is 2.28. The Morgan fingerprint density at radius 2 is 1.93 bits per heavy atom. The molecular formula is C22H32N2O4S. The summed E-state index contributed by atoms with van der Waals surface area (Å²) in [6, 6.07) is 6.05. The van der Waals surface area contributed by atoms with Gasteiger partial charge in [-0.05, 0) is 75.2 Å². The average molecular weight is 421 g/mol. The van der Waals surface area contributed by atoms with Gasteiger partial charge in [0.1, 0.15) is 6.04 Å². The molecule has 160 valence electrons. The van der Waals surface area contributed by atoms with Crippen molar-refractivity contribution in [3.63, 3.8) is 0 Å². The molecule has 0 heterocycles. The highest BCUT2D eigenvalue weighted by atomic mass is 32.2. The third kappa shape index (κ3) is 7.38. The van der Waals surface area contributed by atoms with Crippen LogP contribution in [-0.4, -0.2) is 42.4 Å². The quantitative estimate of drug-likeness (QED) is 0.593. The van der Waals surface area contributed by atoms with Crippen molar-refractivity contribution in [1.29, 1.82) is 0 Å². The minimum Gasteiger partial charge on any atom is -0.462 e. The van der Waals surface area contributed by atoms with E-state index in [0.29, 0.717) is 23.6 Å². The molecule has 0 spiro atoms. The van der Waals surface area contributed by atoms with Crippen LogP contribution in [0.3, 0.4) is 0 Å². The van der Waals surface area contributed by atoms with E-state index in [4.69, 9.17) is 4.74 Å². The molecular weight excluding hydrogens is 388 g/mol. The lowest BCUT2D eigenvalue weighted by Crippen LogP contribution is -2.46. The first-order valence-electron chi connectivity index (χ1n) is 10.3. The first kappa shape index (κ1) is 23.3. The van der Waals surface area contributed by atoms with Crippen LogP contribution in [0.4, 0.5) is 5.69 Å². The van der Waals surface area contributed by atoms with Gasteiger partial charge in [0.05, 0.1) is 12.2 Å². The van der Waals surface area contributed by atoms with Gasteiger partial charge in [-0.2, -0.15) is 11.8 Å².